The van der Waals surface area contributed by atoms with E-state index >= 15 is 0 Å². The summed E-state index contributed by atoms with van der Waals surface area (Å²) < 4.78 is 5.55. The third kappa shape index (κ3) is 3.23. The summed E-state index contributed by atoms with van der Waals surface area (Å²) in [6.45, 7) is 4.09. The summed E-state index contributed by atoms with van der Waals surface area (Å²) in [4.78, 5) is 14.9. The molecule has 2 aromatic rings. The standard InChI is InChI=1S/C18H21N3O3/c1-14-5-2-3-6-15(14)18(8-11-24-12-9-18)13-20-17-16(21(22)23)7-4-10-19-17/h2-7,10H,8-9,11-13H2,1H3,(H,19,20). The van der Waals surface area contributed by atoms with Crippen LogP contribution in [0.15, 0.2) is 42.6 Å². The van der Waals surface area contributed by atoms with E-state index in [1.807, 2.05) is 12.1 Å². The highest BCUT2D eigenvalue weighted by Gasteiger charge is 2.36. The maximum absolute atomic E-state index is 11.2. The summed E-state index contributed by atoms with van der Waals surface area (Å²) in [7, 11) is 0. The summed E-state index contributed by atoms with van der Waals surface area (Å²) >= 11 is 0. The van der Waals surface area contributed by atoms with Crippen LogP contribution in [0.5, 0.6) is 0 Å². The Balaban J connectivity index is 1.89. The van der Waals surface area contributed by atoms with Crippen molar-refractivity contribution in [3.8, 4) is 0 Å². The molecular formula is C18H21N3O3. The lowest BCUT2D eigenvalue weighted by Crippen LogP contribution is -2.40. The molecule has 1 fully saturated rings. The first kappa shape index (κ1) is 16.4. The van der Waals surface area contributed by atoms with Gasteiger partial charge >= 0.3 is 5.69 Å². The first-order valence-corrected chi connectivity index (χ1v) is 8.09. The van der Waals surface area contributed by atoms with Gasteiger partial charge in [0.2, 0.25) is 5.82 Å². The number of nitrogens with zero attached hydrogens (tertiary/aromatic N) is 2. The lowest BCUT2D eigenvalue weighted by Gasteiger charge is -2.39. The number of pyridine rings is 1. The van der Waals surface area contributed by atoms with Gasteiger partial charge in [-0.05, 0) is 37.0 Å². The molecule has 6 nitrogen and oxygen atoms in total. The maximum atomic E-state index is 11.2. The molecule has 0 bridgehead atoms. The van der Waals surface area contributed by atoms with E-state index in [-0.39, 0.29) is 11.1 Å². The number of hydrogen-bond acceptors (Lipinski definition) is 5. The molecule has 2 heterocycles. The number of aromatic nitrogens is 1. The van der Waals surface area contributed by atoms with Crippen molar-refractivity contribution < 1.29 is 9.66 Å². The van der Waals surface area contributed by atoms with Crippen molar-refractivity contribution in [1.29, 1.82) is 0 Å². The topological polar surface area (TPSA) is 77.3 Å². The maximum Gasteiger partial charge on any atom is 0.311 e. The minimum absolute atomic E-state index is 0.00416. The van der Waals surface area contributed by atoms with Crippen molar-refractivity contribution in [1.82, 2.24) is 4.98 Å². The van der Waals surface area contributed by atoms with Gasteiger partial charge in [-0.25, -0.2) is 4.98 Å². The molecule has 1 N–H and O–H groups in total. The minimum Gasteiger partial charge on any atom is -0.381 e. The highest BCUT2D eigenvalue weighted by atomic mass is 16.6. The molecule has 0 aliphatic carbocycles. The average molecular weight is 327 g/mol. The number of aryl methyl sites for hydroxylation is 1. The molecular weight excluding hydrogens is 306 g/mol. The number of benzene rings is 1. The van der Waals surface area contributed by atoms with Crippen LogP contribution in [0.25, 0.3) is 0 Å². The molecule has 1 saturated heterocycles. The number of nitro groups is 1. The molecule has 126 valence electrons. The largest absolute Gasteiger partial charge is 0.381 e. The summed E-state index contributed by atoms with van der Waals surface area (Å²) in [5.74, 6) is 0.321. The monoisotopic (exact) mass is 327 g/mol. The Morgan fingerprint density at radius 3 is 2.71 bits per heavy atom. The SMILES string of the molecule is Cc1ccccc1C1(CNc2ncccc2[N+](=O)[O-])CCOCC1. The van der Waals surface area contributed by atoms with E-state index in [4.69, 9.17) is 4.74 Å². The second kappa shape index (κ2) is 6.97. The van der Waals surface area contributed by atoms with Gasteiger partial charge in [-0.2, -0.15) is 0 Å². The molecule has 0 unspecified atom stereocenters. The molecule has 1 aliphatic heterocycles. The van der Waals surface area contributed by atoms with Crippen LogP contribution in [0.2, 0.25) is 0 Å². The van der Waals surface area contributed by atoms with Crippen LogP contribution in [0, 0.1) is 17.0 Å². The van der Waals surface area contributed by atoms with Crippen molar-refractivity contribution >= 4 is 11.5 Å². The molecule has 1 aromatic carbocycles. The van der Waals surface area contributed by atoms with Gasteiger partial charge in [-0.3, -0.25) is 10.1 Å². The smallest absolute Gasteiger partial charge is 0.311 e. The lowest BCUT2D eigenvalue weighted by molar-refractivity contribution is -0.384. The molecule has 3 rings (SSSR count). The zero-order chi connectivity index (χ0) is 17.0. The molecule has 1 aliphatic rings. The summed E-state index contributed by atoms with van der Waals surface area (Å²) in [6.07, 6.45) is 3.33. The average Bonchev–Trinajstić information content (AvgIpc) is 2.61. The van der Waals surface area contributed by atoms with E-state index in [1.165, 1.54) is 17.2 Å². The Kier molecular flexibility index (Phi) is 4.76. The van der Waals surface area contributed by atoms with E-state index in [2.05, 4.69) is 29.4 Å². The number of anilines is 1. The predicted octanol–water partition coefficient (Wildman–Crippen LogP) is 3.46. The quantitative estimate of drug-likeness (QED) is 0.672. The van der Waals surface area contributed by atoms with Crippen LogP contribution in [0.4, 0.5) is 11.5 Å². The number of ether oxygens (including phenoxy) is 1. The van der Waals surface area contributed by atoms with E-state index in [0.717, 1.165) is 12.8 Å². The Labute approximate surface area is 141 Å². The molecule has 0 atom stereocenters. The summed E-state index contributed by atoms with van der Waals surface area (Å²) in [5, 5.41) is 14.4. The van der Waals surface area contributed by atoms with E-state index < -0.39 is 4.92 Å². The Morgan fingerprint density at radius 1 is 1.25 bits per heavy atom. The third-order valence-electron chi connectivity index (χ3n) is 4.74. The number of nitrogens with one attached hydrogen (secondary N) is 1. The van der Waals surface area contributed by atoms with Crippen molar-refractivity contribution in [3.05, 3.63) is 63.8 Å². The first-order chi connectivity index (χ1) is 11.6. The van der Waals surface area contributed by atoms with Crippen molar-refractivity contribution in [2.24, 2.45) is 0 Å². The summed E-state index contributed by atoms with van der Waals surface area (Å²) in [5.41, 5.74) is 2.41. The van der Waals surface area contributed by atoms with Gasteiger partial charge in [0.05, 0.1) is 4.92 Å². The molecule has 0 radical (unpaired) electrons. The van der Waals surface area contributed by atoms with Crippen LogP contribution < -0.4 is 5.32 Å². The Hall–Kier alpha value is -2.47. The molecule has 24 heavy (non-hydrogen) atoms. The fourth-order valence-electron chi connectivity index (χ4n) is 3.40. The van der Waals surface area contributed by atoms with Gasteiger partial charge in [0.15, 0.2) is 0 Å². The second-order valence-corrected chi connectivity index (χ2v) is 6.19. The van der Waals surface area contributed by atoms with E-state index in [9.17, 15) is 10.1 Å². The van der Waals surface area contributed by atoms with Gasteiger partial charge in [0.1, 0.15) is 0 Å². The Bertz CT molecular complexity index is 727. The lowest BCUT2D eigenvalue weighted by atomic mass is 9.72. The van der Waals surface area contributed by atoms with Crippen LogP contribution in [0.3, 0.4) is 0 Å². The fourth-order valence-corrected chi connectivity index (χ4v) is 3.40. The van der Waals surface area contributed by atoms with Crippen LogP contribution >= 0.6 is 0 Å². The third-order valence-corrected chi connectivity index (χ3v) is 4.74. The van der Waals surface area contributed by atoms with Crippen molar-refractivity contribution in [2.75, 3.05) is 25.1 Å². The first-order valence-electron chi connectivity index (χ1n) is 8.09. The highest BCUT2D eigenvalue weighted by molar-refractivity contribution is 5.55. The van der Waals surface area contributed by atoms with E-state index in [1.54, 1.807) is 12.3 Å². The van der Waals surface area contributed by atoms with Gasteiger partial charge in [0.25, 0.3) is 0 Å². The zero-order valence-corrected chi connectivity index (χ0v) is 13.7. The van der Waals surface area contributed by atoms with Gasteiger partial charge in [-0.1, -0.05) is 24.3 Å². The fraction of sp³-hybridized carbons (Fsp3) is 0.389. The van der Waals surface area contributed by atoms with Crippen molar-refractivity contribution in [3.63, 3.8) is 0 Å². The highest BCUT2D eigenvalue weighted by Crippen LogP contribution is 2.37. The summed E-state index contributed by atoms with van der Waals surface area (Å²) in [6, 6.07) is 11.4. The number of hydrogen-bond donors (Lipinski definition) is 1. The van der Waals surface area contributed by atoms with Gasteiger partial charge in [0, 0.05) is 37.4 Å². The molecule has 0 saturated carbocycles. The van der Waals surface area contributed by atoms with Gasteiger partial charge in [-0.15, -0.1) is 0 Å². The van der Waals surface area contributed by atoms with Crippen molar-refractivity contribution in [2.45, 2.75) is 25.2 Å². The number of rotatable bonds is 5. The minimum atomic E-state index is -0.403. The predicted molar refractivity (Wildman–Crippen MR) is 92.3 cm³/mol. The molecule has 0 spiro atoms. The van der Waals surface area contributed by atoms with Crippen LogP contribution in [-0.2, 0) is 10.2 Å². The van der Waals surface area contributed by atoms with Gasteiger partial charge < -0.3 is 10.1 Å². The molecule has 1 aromatic heterocycles. The normalized spacial score (nSPS) is 16.5. The second-order valence-electron chi connectivity index (χ2n) is 6.19. The van der Waals surface area contributed by atoms with E-state index in [0.29, 0.717) is 25.6 Å². The zero-order valence-electron chi connectivity index (χ0n) is 13.7. The molecule has 0 amide bonds. The van der Waals surface area contributed by atoms with Crippen LogP contribution in [-0.4, -0.2) is 29.7 Å². The Morgan fingerprint density at radius 2 is 2.00 bits per heavy atom. The van der Waals surface area contributed by atoms with Crippen LogP contribution in [0.1, 0.15) is 24.0 Å². The molecule has 6 heteroatoms.